The molecule has 0 spiro atoms. The maximum Gasteiger partial charge on any atom is 0.277 e. The Kier molecular flexibility index (Phi) is 6.41. The molecule has 0 bridgehead atoms. The highest BCUT2D eigenvalue weighted by atomic mass is 32.2. The van der Waals surface area contributed by atoms with Crippen LogP contribution in [0.25, 0.3) is 11.5 Å². The first-order chi connectivity index (χ1) is 14.1. The number of hydrogen-bond donors (Lipinski definition) is 1. The molecule has 30 heavy (non-hydrogen) atoms. The van der Waals surface area contributed by atoms with E-state index in [1.807, 2.05) is 52.0 Å². The summed E-state index contributed by atoms with van der Waals surface area (Å²) in [5, 5.41) is 10.9. The Morgan fingerprint density at radius 1 is 1.07 bits per heavy atom. The van der Waals surface area contributed by atoms with Crippen LogP contribution in [-0.2, 0) is 4.79 Å². The van der Waals surface area contributed by atoms with Crippen molar-refractivity contribution in [3.05, 3.63) is 59.7 Å². The van der Waals surface area contributed by atoms with Crippen LogP contribution in [0.4, 0.5) is 5.69 Å². The lowest BCUT2D eigenvalue weighted by molar-refractivity contribution is -0.123. The van der Waals surface area contributed by atoms with Crippen LogP contribution in [0.2, 0.25) is 0 Å². The van der Waals surface area contributed by atoms with E-state index < -0.39 is 10.7 Å². The van der Waals surface area contributed by atoms with Gasteiger partial charge in [0, 0.05) is 22.2 Å². The molecule has 6 nitrogen and oxygen atoms in total. The predicted octanol–water partition coefficient (Wildman–Crippen LogP) is 5.39. The molecule has 7 heteroatoms. The lowest BCUT2D eigenvalue weighted by atomic mass is 9.95. The summed E-state index contributed by atoms with van der Waals surface area (Å²) in [7, 11) is 0. The van der Waals surface area contributed by atoms with Gasteiger partial charge in [0.1, 0.15) is 0 Å². The summed E-state index contributed by atoms with van der Waals surface area (Å²) in [6, 6.07) is 14.7. The molecule has 156 valence electrons. The zero-order valence-corrected chi connectivity index (χ0v) is 18.5. The van der Waals surface area contributed by atoms with Gasteiger partial charge in [-0.2, -0.15) is 0 Å². The van der Waals surface area contributed by atoms with Crippen LogP contribution in [0, 0.1) is 12.3 Å². The third kappa shape index (κ3) is 5.36. The summed E-state index contributed by atoms with van der Waals surface area (Å²) in [5.74, 6) is 0.301. The summed E-state index contributed by atoms with van der Waals surface area (Å²) >= 11 is 1.22. The van der Waals surface area contributed by atoms with E-state index in [2.05, 4.69) is 15.5 Å². The normalized spacial score (nSPS) is 12.4. The quantitative estimate of drug-likeness (QED) is 0.422. The molecule has 0 radical (unpaired) electrons. The lowest BCUT2D eigenvalue weighted by Gasteiger charge is -2.17. The van der Waals surface area contributed by atoms with Gasteiger partial charge in [-0.25, -0.2) is 0 Å². The molecule has 1 amide bonds. The first-order valence-electron chi connectivity index (χ1n) is 9.66. The highest BCUT2D eigenvalue weighted by Gasteiger charge is 2.22. The molecule has 1 atom stereocenters. The number of anilines is 1. The van der Waals surface area contributed by atoms with Crippen molar-refractivity contribution < 1.29 is 14.0 Å². The van der Waals surface area contributed by atoms with Crippen molar-refractivity contribution in [1.29, 1.82) is 0 Å². The largest absolute Gasteiger partial charge is 0.411 e. The average molecular weight is 424 g/mol. The predicted molar refractivity (Wildman–Crippen MR) is 119 cm³/mol. The number of ketones is 1. The molecule has 3 rings (SSSR count). The van der Waals surface area contributed by atoms with E-state index in [1.54, 1.807) is 31.2 Å². The smallest absolute Gasteiger partial charge is 0.277 e. The van der Waals surface area contributed by atoms with E-state index in [4.69, 9.17) is 4.42 Å². The molecule has 0 saturated carbocycles. The molecule has 0 aliphatic carbocycles. The molecule has 1 heterocycles. The van der Waals surface area contributed by atoms with Gasteiger partial charge in [0.25, 0.3) is 5.22 Å². The molecule has 0 fully saturated rings. The minimum Gasteiger partial charge on any atom is -0.411 e. The summed E-state index contributed by atoms with van der Waals surface area (Å²) in [6.07, 6.45) is 0. The zero-order valence-electron chi connectivity index (χ0n) is 17.7. The average Bonchev–Trinajstić information content (AvgIpc) is 3.16. The fourth-order valence-corrected chi connectivity index (χ4v) is 3.39. The number of hydrogen-bond acceptors (Lipinski definition) is 6. The number of amides is 1. The van der Waals surface area contributed by atoms with Crippen molar-refractivity contribution in [2.45, 2.75) is 45.1 Å². The van der Waals surface area contributed by atoms with Gasteiger partial charge in [-0.3, -0.25) is 9.59 Å². The molecule has 0 saturated heterocycles. The third-order valence-electron chi connectivity index (χ3n) is 4.43. The first kappa shape index (κ1) is 21.8. The Morgan fingerprint density at radius 3 is 2.40 bits per heavy atom. The van der Waals surface area contributed by atoms with Crippen molar-refractivity contribution in [2.75, 3.05) is 5.32 Å². The SMILES string of the molecule is Cc1cccc(-c2nnc(S[C@@H](C)C(=O)c3ccc(NC(=O)C(C)(C)C)cc3)o2)c1. The maximum atomic E-state index is 12.8. The van der Waals surface area contributed by atoms with Gasteiger partial charge in [0.15, 0.2) is 5.78 Å². The van der Waals surface area contributed by atoms with Gasteiger partial charge in [0.05, 0.1) is 5.25 Å². The second kappa shape index (κ2) is 8.83. The van der Waals surface area contributed by atoms with Crippen LogP contribution >= 0.6 is 11.8 Å². The number of Topliss-reactive ketones (excluding diaryl/α,β-unsaturated/α-hetero) is 1. The topological polar surface area (TPSA) is 85.1 Å². The van der Waals surface area contributed by atoms with E-state index in [0.29, 0.717) is 22.4 Å². The minimum absolute atomic E-state index is 0.0518. The van der Waals surface area contributed by atoms with Gasteiger partial charge in [-0.15, -0.1) is 10.2 Å². The molecule has 0 aliphatic heterocycles. The Bertz CT molecular complexity index is 1050. The van der Waals surface area contributed by atoms with Crippen molar-refractivity contribution in [3.8, 4) is 11.5 Å². The van der Waals surface area contributed by atoms with Crippen LogP contribution in [0.5, 0.6) is 0 Å². The molecule has 1 N–H and O–H groups in total. The van der Waals surface area contributed by atoms with Crippen LogP contribution in [-0.4, -0.2) is 27.1 Å². The Labute approximate surface area is 180 Å². The monoisotopic (exact) mass is 423 g/mol. The lowest BCUT2D eigenvalue weighted by Crippen LogP contribution is -2.27. The number of thioether (sulfide) groups is 1. The fraction of sp³-hybridized carbons (Fsp3) is 0.304. The third-order valence-corrected chi connectivity index (χ3v) is 5.36. The van der Waals surface area contributed by atoms with E-state index >= 15 is 0 Å². The number of nitrogens with zero attached hydrogens (tertiary/aromatic N) is 2. The number of aromatic nitrogens is 2. The Morgan fingerprint density at radius 2 is 1.77 bits per heavy atom. The maximum absolute atomic E-state index is 12.8. The van der Waals surface area contributed by atoms with E-state index in [-0.39, 0.29) is 11.7 Å². The molecular weight excluding hydrogens is 398 g/mol. The number of carbonyl (C=O) groups is 2. The number of nitrogens with one attached hydrogen (secondary N) is 1. The van der Waals surface area contributed by atoms with Crippen LogP contribution in [0.3, 0.4) is 0 Å². The molecular formula is C23H25N3O3S. The first-order valence-corrected chi connectivity index (χ1v) is 10.5. The van der Waals surface area contributed by atoms with Crippen molar-refractivity contribution in [2.24, 2.45) is 5.41 Å². The standard InChI is InChI=1S/C23H25N3O3S/c1-14-7-6-8-17(13-14)20-25-26-22(29-20)30-15(2)19(27)16-9-11-18(12-10-16)24-21(28)23(3,4)5/h6-13,15H,1-5H3,(H,24,28)/t15-/m0/s1. The van der Waals surface area contributed by atoms with Crippen LogP contribution in [0.15, 0.2) is 58.2 Å². The molecule has 0 unspecified atom stereocenters. The second-order valence-corrected chi connectivity index (χ2v) is 9.44. The van der Waals surface area contributed by atoms with E-state index in [9.17, 15) is 9.59 Å². The van der Waals surface area contributed by atoms with Gasteiger partial charge in [-0.1, -0.05) is 50.2 Å². The molecule has 2 aromatic carbocycles. The Hall–Kier alpha value is -2.93. The second-order valence-electron chi connectivity index (χ2n) is 8.15. The van der Waals surface area contributed by atoms with E-state index in [1.165, 1.54) is 11.8 Å². The van der Waals surface area contributed by atoms with Crippen molar-refractivity contribution >= 4 is 29.1 Å². The highest BCUT2D eigenvalue weighted by molar-refractivity contribution is 8.00. The number of aryl methyl sites for hydroxylation is 1. The van der Waals surface area contributed by atoms with Gasteiger partial charge < -0.3 is 9.73 Å². The van der Waals surface area contributed by atoms with Crippen LogP contribution < -0.4 is 5.32 Å². The molecule has 3 aromatic rings. The summed E-state index contributed by atoms with van der Waals surface area (Å²) < 4.78 is 5.72. The summed E-state index contributed by atoms with van der Waals surface area (Å²) in [6.45, 7) is 9.35. The highest BCUT2D eigenvalue weighted by Crippen LogP contribution is 2.28. The number of rotatable bonds is 6. The summed E-state index contributed by atoms with van der Waals surface area (Å²) in [5.41, 5.74) is 2.68. The number of carbonyl (C=O) groups excluding carboxylic acids is 2. The van der Waals surface area contributed by atoms with Crippen LogP contribution in [0.1, 0.15) is 43.6 Å². The zero-order chi connectivity index (χ0) is 21.9. The van der Waals surface area contributed by atoms with Crippen molar-refractivity contribution in [3.63, 3.8) is 0 Å². The molecule has 0 aliphatic rings. The summed E-state index contributed by atoms with van der Waals surface area (Å²) in [4.78, 5) is 24.8. The van der Waals surface area contributed by atoms with Gasteiger partial charge in [0.2, 0.25) is 11.8 Å². The number of benzene rings is 2. The Balaban J connectivity index is 1.64. The molecule has 1 aromatic heterocycles. The van der Waals surface area contributed by atoms with Gasteiger partial charge >= 0.3 is 0 Å². The minimum atomic E-state index is -0.485. The fourth-order valence-electron chi connectivity index (χ4n) is 2.63. The van der Waals surface area contributed by atoms with Crippen molar-refractivity contribution in [1.82, 2.24) is 10.2 Å². The van der Waals surface area contributed by atoms with E-state index in [0.717, 1.165) is 11.1 Å². The van der Waals surface area contributed by atoms with Gasteiger partial charge in [-0.05, 0) is 50.2 Å².